The van der Waals surface area contributed by atoms with Crippen molar-refractivity contribution >= 4 is 36.2 Å². The number of H-pyrrole nitrogens is 2. The Kier molecular flexibility index (Phi) is 6.27. The maximum Gasteiger partial charge on any atom is 0.582 e. The number of aromatic nitrogens is 2. The van der Waals surface area contributed by atoms with Gasteiger partial charge in [0.05, 0.1) is 5.92 Å². The summed E-state index contributed by atoms with van der Waals surface area (Å²) in [6, 6.07) is 0. The molecule has 0 amide bonds. The van der Waals surface area contributed by atoms with Gasteiger partial charge in [-0.1, -0.05) is 13.8 Å². The fourth-order valence-corrected chi connectivity index (χ4v) is 1.73. The minimum Gasteiger partial charge on any atom is -0.539 e. The molecule has 0 atom stereocenters. The highest BCUT2D eigenvalue weighted by Gasteiger charge is 2.53. The second kappa shape index (κ2) is 7.80. The van der Waals surface area contributed by atoms with E-state index in [4.69, 9.17) is 20.1 Å². The van der Waals surface area contributed by atoms with Crippen LogP contribution in [0.15, 0.2) is 12.4 Å². The SMILES string of the molecule is CC(C)c1[nH]cc[nH+]1.OB1OB(O)O[B-]2(O1)OB(O)OB(O)O2. The topological polar surface area (TPSA) is 166 Å². The summed E-state index contributed by atoms with van der Waals surface area (Å²) in [6.45, 7) is 1.07. The third-order valence-corrected chi connectivity index (χ3v) is 2.74. The van der Waals surface area contributed by atoms with Crippen LogP contribution in [-0.4, -0.2) is 61.3 Å². The number of nitrogens with one attached hydrogen (secondary N) is 2. The zero-order chi connectivity index (χ0) is 17.0. The van der Waals surface area contributed by atoms with E-state index in [2.05, 4.69) is 51.2 Å². The lowest BCUT2D eigenvalue weighted by atomic mass is 9.84. The molecule has 17 heteroatoms. The summed E-state index contributed by atoms with van der Waals surface area (Å²) in [5, 5.41) is 35.7. The fraction of sp³-hybridized carbons (Fsp3) is 0.500. The predicted molar refractivity (Wildman–Crippen MR) is 75.6 cm³/mol. The van der Waals surface area contributed by atoms with Crippen molar-refractivity contribution < 1.29 is 52.5 Å². The van der Waals surface area contributed by atoms with E-state index in [1.807, 2.05) is 12.4 Å². The first-order chi connectivity index (χ1) is 10.8. The molecule has 2 aliphatic heterocycles. The first-order valence-corrected chi connectivity index (χ1v) is 6.72. The van der Waals surface area contributed by atoms with Gasteiger partial charge in [0.15, 0.2) is 0 Å². The van der Waals surface area contributed by atoms with E-state index in [1.54, 1.807) is 0 Å². The van der Waals surface area contributed by atoms with E-state index in [9.17, 15) is 0 Å². The van der Waals surface area contributed by atoms with E-state index in [-0.39, 0.29) is 0 Å². The molecule has 2 aliphatic rings. The summed E-state index contributed by atoms with van der Waals surface area (Å²) >= 11 is 0. The summed E-state index contributed by atoms with van der Waals surface area (Å²) in [5.74, 6) is 1.76. The van der Waals surface area contributed by atoms with Crippen LogP contribution in [0.5, 0.6) is 0 Å². The molecule has 0 bridgehead atoms. The van der Waals surface area contributed by atoms with Gasteiger partial charge in [-0.15, -0.1) is 0 Å². The van der Waals surface area contributed by atoms with Crippen molar-refractivity contribution in [2.24, 2.45) is 0 Å². The second-order valence-electron chi connectivity index (χ2n) is 4.81. The maximum atomic E-state index is 8.94. The molecule has 1 aromatic rings. The van der Waals surface area contributed by atoms with Gasteiger partial charge in [-0.3, -0.25) is 0 Å². The minimum atomic E-state index is -3.21. The second-order valence-corrected chi connectivity index (χ2v) is 4.81. The molecule has 2 saturated heterocycles. The van der Waals surface area contributed by atoms with Crippen molar-refractivity contribution in [3.8, 4) is 0 Å². The van der Waals surface area contributed by atoms with Crippen LogP contribution >= 0.6 is 0 Å². The fourth-order valence-electron chi connectivity index (χ4n) is 1.73. The zero-order valence-electron chi connectivity index (χ0n) is 12.4. The molecule has 0 radical (unpaired) electrons. The molecule has 0 saturated carbocycles. The lowest BCUT2D eigenvalue weighted by Gasteiger charge is -2.49. The first-order valence-electron chi connectivity index (χ1n) is 6.72. The van der Waals surface area contributed by atoms with E-state index >= 15 is 0 Å². The molecule has 1 spiro atoms. The first kappa shape index (κ1) is 18.5. The molecule has 0 aliphatic carbocycles. The van der Waals surface area contributed by atoms with Crippen molar-refractivity contribution in [1.29, 1.82) is 0 Å². The predicted octanol–water partition coefficient (Wildman–Crippen LogP) is -3.59. The number of rotatable bonds is 1. The average Bonchev–Trinajstić information content (AvgIpc) is 2.89. The normalized spacial score (nSPS) is 20.8. The van der Waals surface area contributed by atoms with Gasteiger partial charge < -0.3 is 47.5 Å². The molecule has 23 heavy (non-hydrogen) atoms. The van der Waals surface area contributed by atoms with Crippen molar-refractivity contribution in [1.82, 2.24) is 4.98 Å². The Morgan fingerprint density at radius 2 is 1.39 bits per heavy atom. The highest BCUT2D eigenvalue weighted by Crippen LogP contribution is 2.23. The Bertz CT molecular complexity index is 433. The zero-order valence-corrected chi connectivity index (χ0v) is 12.4. The number of hydrogen-bond acceptors (Lipinski definition) is 10. The van der Waals surface area contributed by atoms with Crippen molar-refractivity contribution in [2.75, 3.05) is 0 Å². The Labute approximate surface area is 132 Å². The summed E-state index contributed by atoms with van der Waals surface area (Å²) in [6.07, 6.45) is 3.80. The molecule has 1 aromatic heterocycles. The quantitative estimate of drug-likeness (QED) is 0.325. The van der Waals surface area contributed by atoms with E-state index in [0.717, 1.165) is 0 Å². The van der Waals surface area contributed by atoms with E-state index in [0.29, 0.717) is 5.92 Å². The standard InChI is InChI=1S/C6H10N2.B5H4O10/c1-5(2)6-7-3-4-8-6;6-1-10-2(7)13-5(12-1)14-3(8)11-4(9)15-5/h3-5H,1-2H3,(H,7,8);6-9H/q;-1/p+1. The molecule has 124 valence electrons. The lowest BCUT2D eigenvalue weighted by molar-refractivity contribution is -0.390. The van der Waals surface area contributed by atoms with Crippen LogP contribution in [0.3, 0.4) is 0 Å². The van der Waals surface area contributed by atoms with E-state index in [1.165, 1.54) is 5.82 Å². The van der Waals surface area contributed by atoms with Gasteiger partial charge in [0.25, 0.3) is 5.82 Å². The molecular weight excluding hydrogens is 314 g/mol. The summed E-state index contributed by atoms with van der Waals surface area (Å²) in [7, 11) is -7.59. The molecular formula is C6H15B5N2O10. The smallest absolute Gasteiger partial charge is 0.539 e. The molecule has 0 unspecified atom stereocenters. The van der Waals surface area contributed by atoms with Gasteiger partial charge in [-0.25, -0.2) is 9.97 Å². The Morgan fingerprint density at radius 1 is 0.957 bits per heavy atom. The van der Waals surface area contributed by atoms with Crippen molar-refractivity contribution in [3.05, 3.63) is 18.2 Å². The maximum absolute atomic E-state index is 8.94. The Hall–Kier alpha value is -0.865. The molecule has 2 fully saturated rings. The minimum absolute atomic E-state index is 0.574. The van der Waals surface area contributed by atoms with Crippen LogP contribution < -0.4 is 4.98 Å². The third kappa shape index (κ3) is 5.32. The molecule has 6 N–H and O–H groups in total. The van der Waals surface area contributed by atoms with Gasteiger partial charge in [0.2, 0.25) is 0 Å². The van der Waals surface area contributed by atoms with Gasteiger partial charge in [0, 0.05) is 0 Å². The van der Waals surface area contributed by atoms with Crippen LogP contribution in [0, 0.1) is 0 Å². The van der Waals surface area contributed by atoms with Crippen LogP contribution in [0.2, 0.25) is 0 Å². The Balaban J connectivity index is 0.000000203. The highest BCUT2D eigenvalue weighted by molar-refractivity contribution is 6.81. The van der Waals surface area contributed by atoms with Crippen LogP contribution in [0.25, 0.3) is 0 Å². The molecule has 3 heterocycles. The summed E-state index contributed by atoms with van der Waals surface area (Å²) < 4.78 is 26.4. The van der Waals surface area contributed by atoms with Gasteiger partial charge in [-0.05, 0) is 0 Å². The van der Waals surface area contributed by atoms with Gasteiger partial charge >= 0.3 is 36.2 Å². The average molecular weight is 329 g/mol. The Morgan fingerprint density at radius 3 is 1.65 bits per heavy atom. The number of imidazole rings is 1. The monoisotopic (exact) mass is 330 g/mol. The lowest BCUT2D eigenvalue weighted by Crippen LogP contribution is -2.69. The van der Waals surface area contributed by atoms with Crippen molar-refractivity contribution in [2.45, 2.75) is 19.8 Å². The van der Waals surface area contributed by atoms with Gasteiger partial charge in [0.1, 0.15) is 12.4 Å². The van der Waals surface area contributed by atoms with Crippen LogP contribution in [-0.2, 0) is 27.4 Å². The molecule has 12 nitrogen and oxygen atoms in total. The molecule has 0 aromatic carbocycles. The van der Waals surface area contributed by atoms with Crippen LogP contribution in [0.4, 0.5) is 0 Å². The largest absolute Gasteiger partial charge is 0.582 e. The molecule has 3 rings (SSSR count). The third-order valence-electron chi connectivity index (χ3n) is 2.74. The van der Waals surface area contributed by atoms with Crippen molar-refractivity contribution in [3.63, 3.8) is 0 Å². The highest BCUT2D eigenvalue weighted by atomic mass is 17.0. The van der Waals surface area contributed by atoms with Crippen LogP contribution in [0.1, 0.15) is 25.6 Å². The van der Waals surface area contributed by atoms with E-state index < -0.39 is 36.2 Å². The van der Waals surface area contributed by atoms with Gasteiger partial charge in [-0.2, -0.15) is 0 Å². The number of hydrogen-bond donors (Lipinski definition) is 5. The summed E-state index contributed by atoms with van der Waals surface area (Å²) in [5.41, 5.74) is 0. The summed E-state index contributed by atoms with van der Waals surface area (Å²) in [4.78, 5) is 6.16. The number of aromatic amines is 2.